The van der Waals surface area contributed by atoms with Crippen LogP contribution in [0.2, 0.25) is 0 Å². The Morgan fingerprint density at radius 2 is 1.86 bits per heavy atom. The molecule has 152 valence electrons. The van der Waals surface area contributed by atoms with Crippen LogP contribution in [0.5, 0.6) is 0 Å². The molecule has 1 aromatic carbocycles. The molecule has 3 rings (SSSR count). The Morgan fingerprint density at radius 1 is 1.11 bits per heavy atom. The predicted octanol–water partition coefficient (Wildman–Crippen LogP) is 1.99. The topological polar surface area (TPSA) is 81.8 Å². The van der Waals surface area contributed by atoms with Crippen LogP contribution in [0.3, 0.4) is 0 Å². The number of carbonyl (C=O) groups is 3. The molecule has 1 unspecified atom stereocenters. The number of hydrogen-bond acceptors (Lipinski definition) is 5. The molecule has 28 heavy (non-hydrogen) atoms. The number of amides is 4. The molecule has 0 saturated carbocycles. The molecule has 2 saturated heterocycles. The summed E-state index contributed by atoms with van der Waals surface area (Å²) in [4.78, 5) is 41.0. The second-order valence-corrected chi connectivity index (χ2v) is 8.59. The number of imide groups is 1. The first-order chi connectivity index (χ1) is 13.4. The number of hydrogen-bond donors (Lipinski definition) is 2. The van der Waals surface area contributed by atoms with Crippen LogP contribution in [0, 0.1) is 13.8 Å². The first kappa shape index (κ1) is 20.7. The lowest BCUT2D eigenvalue weighted by Gasteiger charge is -2.32. The molecule has 8 heteroatoms. The van der Waals surface area contributed by atoms with Gasteiger partial charge in [-0.3, -0.25) is 19.8 Å². The van der Waals surface area contributed by atoms with Crippen molar-refractivity contribution in [1.29, 1.82) is 0 Å². The van der Waals surface area contributed by atoms with E-state index in [1.54, 1.807) is 6.07 Å². The summed E-state index contributed by atoms with van der Waals surface area (Å²) >= 11 is 1.86. The molecule has 2 aliphatic heterocycles. The van der Waals surface area contributed by atoms with Crippen LogP contribution >= 0.6 is 11.8 Å². The van der Waals surface area contributed by atoms with Crippen LogP contribution in [-0.4, -0.2) is 71.4 Å². The largest absolute Gasteiger partial charge is 0.340 e. The van der Waals surface area contributed by atoms with E-state index < -0.39 is 11.9 Å². The monoisotopic (exact) mass is 404 g/mol. The van der Waals surface area contributed by atoms with E-state index in [0.29, 0.717) is 12.2 Å². The van der Waals surface area contributed by atoms with E-state index in [2.05, 4.69) is 10.6 Å². The molecule has 2 N–H and O–H groups in total. The minimum Gasteiger partial charge on any atom is -0.340 e. The van der Waals surface area contributed by atoms with Gasteiger partial charge in [-0.15, -0.1) is 0 Å². The Hall–Kier alpha value is -2.06. The highest BCUT2D eigenvalue weighted by Crippen LogP contribution is 2.21. The molecule has 1 atom stereocenters. The van der Waals surface area contributed by atoms with Crippen molar-refractivity contribution in [2.75, 3.05) is 43.0 Å². The smallest absolute Gasteiger partial charge is 0.325 e. The zero-order chi connectivity index (χ0) is 20.1. The molecule has 0 aromatic heterocycles. The van der Waals surface area contributed by atoms with Crippen LogP contribution in [-0.2, 0) is 9.59 Å². The van der Waals surface area contributed by atoms with Crippen molar-refractivity contribution in [3.63, 3.8) is 0 Å². The van der Waals surface area contributed by atoms with Gasteiger partial charge in [0.05, 0.1) is 12.6 Å². The van der Waals surface area contributed by atoms with Crippen molar-refractivity contribution < 1.29 is 14.4 Å². The fraction of sp³-hybridized carbons (Fsp3) is 0.550. The van der Waals surface area contributed by atoms with Crippen LogP contribution < -0.4 is 10.6 Å². The van der Waals surface area contributed by atoms with E-state index in [1.807, 2.05) is 47.5 Å². The lowest BCUT2D eigenvalue weighted by Crippen LogP contribution is -2.51. The summed E-state index contributed by atoms with van der Waals surface area (Å²) in [6.07, 6.45) is 1.66. The number of carbonyl (C=O) groups excluding carboxylic acids is 3. The van der Waals surface area contributed by atoms with Crippen molar-refractivity contribution in [2.45, 2.75) is 32.7 Å². The molecule has 0 aliphatic carbocycles. The Bertz CT molecular complexity index is 749. The SMILES string of the molecule is Cc1ccc(NC(=O)NC(=O)CN2CCCC2C(=O)N2CCSCC2)cc1C. The minimum absolute atomic E-state index is 0.0549. The number of benzene rings is 1. The first-order valence-electron chi connectivity index (χ1n) is 9.72. The van der Waals surface area contributed by atoms with E-state index in [0.717, 1.165) is 48.6 Å². The predicted molar refractivity (Wildman–Crippen MR) is 112 cm³/mol. The summed E-state index contributed by atoms with van der Waals surface area (Å²) < 4.78 is 0. The molecule has 2 aliphatic rings. The highest BCUT2D eigenvalue weighted by molar-refractivity contribution is 7.99. The van der Waals surface area contributed by atoms with Gasteiger partial charge >= 0.3 is 6.03 Å². The normalized spacial score (nSPS) is 20.1. The Kier molecular flexibility index (Phi) is 6.96. The maximum Gasteiger partial charge on any atom is 0.325 e. The molecule has 2 fully saturated rings. The third kappa shape index (κ3) is 5.26. The number of urea groups is 1. The number of nitrogens with one attached hydrogen (secondary N) is 2. The maximum absolute atomic E-state index is 12.8. The average Bonchev–Trinajstić information content (AvgIpc) is 3.12. The van der Waals surface area contributed by atoms with Gasteiger partial charge in [0.15, 0.2) is 0 Å². The third-order valence-corrected chi connectivity index (χ3v) is 6.28. The first-order valence-corrected chi connectivity index (χ1v) is 10.9. The number of rotatable bonds is 4. The highest BCUT2D eigenvalue weighted by atomic mass is 32.2. The molecular weight excluding hydrogens is 376 g/mol. The van der Waals surface area contributed by atoms with Crippen molar-refractivity contribution in [3.05, 3.63) is 29.3 Å². The van der Waals surface area contributed by atoms with Gasteiger partial charge in [-0.25, -0.2) is 4.79 Å². The van der Waals surface area contributed by atoms with E-state index in [-0.39, 0.29) is 18.5 Å². The zero-order valence-electron chi connectivity index (χ0n) is 16.5. The highest BCUT2D eigenvalue weighted by Gasteiger charge is 2.35. The molecular formula is C20H28N4O3S. The average molecular weight is 405 g/mol. The maximum atomic E-state index is 12.8. The molecule has 4 amide bonds. The molecule has 1 aromatic rings. The number of likely N-dealkylation sites (tertiary alicyclic amines) is 1. The van der Waals surface area contributed by atoms with Gasteiger partial charge in [0.1, 0.15) is 0 Å². The molecule has 0 radical (unpaired) electrons. The van der Waals surface area contributed by atoms with Crippen molar-refractivity contribution in [2.24, 2.45) is 0 Å². The summed E-state index contributed by atoms with van der Waals surface area (Å²) in [5.74, 6) is 1.66. The van der Waals surface area contributed by atoms with Crippen molar-refractivity contribution in [1.82, 2.24) is 15.1 Å². The van der Waals surface area contributed by atoms with E-state index in [9.17, 15) is 14.4 Å². The van der Waals surface area contributed by atoms with Gasteiger partial charge in [0.25, 0.3) is 0 Å². The van der Waals surface area contributed by atoms with E-state index in [1.165, 1.54) is 0 Å². The Balaban J connectivity index is 1.50. The third-order valence-electron chi connectivity index (χ3n) is 5.34. The van der Waals surface area contributed by atoms with Crippen LogP contribution in [0.25, 0.3) is 0 Å². The zero-order valence-corrected chi connectivity index (χ0v) is 17.3. The Morgan fingerprint density at radius 3 is 2.57 bits per heavy atom. The summed E-state index contributed by atoms with van der Waals surface area (Å²) in [7, 11) is 0. The lowest BCUT2D eigenvalue weighted by atomic mass is 10.1. The standard InChI is InChI=1S/C20H28N4O3S/c1-14-5-6-16(12-15(14)2)21-20(27)22-18(25)13-24-7-3-4-17(24)19(26)23-8-10-28-11-9-23/h5-6,12,17H,3-4,7-11,13H2,1-2H3,(H2,21,22,25,27). The second kappa shape index (κ2) is 9.43. The van der Waals surface area contributed by atoms with Crippen LogP contribution in [0.1, 0.15) is 24.0 Å². The van der Waals surface area contributed by atoms with Gasteiger partial charge < -0.3 is 10.2 Å². The number of nitrogens with zero attached hydrogens (tertiary/aromatic N) is 2. The second-order valence-electron chi connectivity index (χ2n) is 7.37. The minimum atomic E-state index is -0.552. The molecule has 2 heterocycles. The fourth-order valence-electron chi connectivity index (χ4n) is 3.62. The van der Waals surface area contributed by atoms with E-state index >= 15 is 0 Å². The number of aryl methyl sites for hydroxylation is 2. The summed E-state index contributed by atoms with van der Waals surface area (Å²) in [5, 5.41) is 5.05. The fourth-order valence-corrected chi connectivity index (χ4v) is 4.52. The van der Waals surface area contributed by atoms with Gasteiger partial charge in [-0.1, -0.05) is 6.07 Å². The number of anilines is 1. The van der Waals surface area contributed by atoms with Crippen molar-refractivity contribution >= 4 is 35.3 Å². The van der Waals surface area contributed by atoms with Crippen LogP contribution in [0.4, 0.5) is 10.5 Å². The van der Waals surface area contributed by atoms with Gasteiger partial charge in [-0.05, 0) is 56.5 Å². The van der Waals surface area contributed by atoms with Crippen LogP contribution in [0.15, 0.2) is 18.2 Å². The molecule has 0 spiro atoms. The Labute approximate surface area is 170 Å². The number of thioether (sulfide) groups is 1. The van der Waals surface area contributed by atoms with Gasteiger partial charge in [-0.2, -0.15) is 11.8 Å². The van der Waals surface area contributed by atoms with Crippen molar-refractivity contribution in [3.8, 4) is 0 Å². The quantitative estimate of drug-likeness (QED) is 0.802. The summed E-state index contributed by atoms with van der Waals surface area (Å²) in [6.45, 7) is 6.27. The summed E-state index contributed by atoms with van der Waals surface area (Å²) in [5.41, 5.74) is 2.85. The molecule has 7 nitrogen and oxygen atoms in total. The van der Waals surface area contributed by atoms with E-state index in [4.69, 9.17) is 0 Å². The lowest BCUT2D eigenvalue weighted by molar-refractivity contribution is -0.136. The van der Waals surface area contributed by atoms with Gasteiger partial charge in [0.2, 0.25) is 11.8 Å². The molecule has 0 bridgehead atoms. The summed E-state index contributed by atoms with van der Waals surface area (Å²) in [6, 6.07) is 4.79. The van der Waals surface area contributed by atoms with Gasteiger partial charge in [0, 0.05) is 30.3 Å².